The molecular formula is C17H9BrN2O4. The third kappa shape index (κ3) is 2.05. The maximum absolute atomic E-state index is 12.6. The number of Topliss-reactive ketones (excluding diaryl/α,β-unsaturated/α-hetero) is 1. The van der Waals surface area contributed by atoms with Crippen LogP contribution in [0.2, 0.25) is 0 Å². The Hall–Kier alpha value is -2.93. The van der Waals surface area contributed by atoms with Crippen molar-refractivity contribution in [3.05, 3.63) is 57.6 Å². The summed E-state index contributed by atoms with van der Waals surface area (Å²) in [6.07, 6.45) is 0. The van der Waals surface area contributed by atoms with Gasteiger partial charge in [0.2, 0.25) is 5.78 Å². The number of nitrogens with one attached hydrogen (secondary N) is 1. The molecule has 3 N–H and O–H groups in total. The van der Waals surface area contributed by atoms with Gasteiger partial charge in [0.1, 0.15) is 5.71 Å². The molecule has 1 aliphatic heterocycles. The number of nitrogens with zero attached hydrogens (tertiary/aromatic N) is 1. The van der Waals surface area contributed by atoms with Gasteiger partial charge in [-0.25, -0.2) is 9.79 Å². The molecule has 2 heterocycles. The number of ketones is 1. The second-order valence-electron chi connectivity index (χ2n) is 5.37. The van der Waals surface area contributed by atoms with Gasteiger partial charge in [-0.1, -0.05) is 22.0 Å². The molecule has 1 aliphatic rings. The Labute approximate surface area is 143 Å². The minimum Gasteiger partial charge on any atom is -0.494 e. The number of benzene rings is 2. The predicted molar refractivity (Wildman–Crippen MR) is 91.6 cm³/mol. The van der Waals surface area contributed by atoms with Gasteiger partial charge >= 0.3 is 5.97 Å². The number of carbonyl (C=O) groups excluding carboxylic acids is 1. The first-order valence-corrected chi connectivity index (χ1v) is 7.76. The Balaban J connectivity index is 1.92. The van der Waals surface area contributed by atoms with Gasteiger partial charge in [0.15, 0.2) is 5.88 Å². The molecule has 3 aromatic rings. The number of hydrogen-bond acceptors (Lipinski definition) is 4. The Morgan fingerprint density at radius 2 is 1.96 bits per heavy atom. The summed E-state index contributed by atoms with van der Waals surface area (Å²) in [7, 11) is 0. The highest BCUT2D eigenvalue weighted by Gasteiger charge is 2.30. The lowest BCUT2D eigenvalue weighted by Crippen LogP contribution is -2.10. The summed E-state index contributed by atoms with van der Waals surface area (Å²) in [4.78, 5) is 30.8. The molecule has 6 nitrogen and oxygen atoms in total. The minimum atomic E-state index is -1.09. The average Bonchev–Trinajstić information content (AvgIpc) is 3.02. The number of aromatic carboxylic acids is 1. The summed E-state index contributed by atoms with van der Waals surface area (Å²) in [6, 6.07) is 9.52. The van der Waals surface area contributed by atoms with Crippen LogP contribution in [0, 0.1) is 0 Å². The molecule has 4 rings (SSSR count). The van der Waals surface area contributed by atoms with Crippen LogP contribution in [0.3, 0.4) is 0 Å². The van der Waals surface area contributed by atoms with Crippen LogP contribution in [0.15, 0.2) is 45.9 Å². The van der Waals surface area contributed by atoms with E-state index in [-0.39, 0.29) is 22.9 Å². The summed E-state index contributed by atoms with van der Waals surface area (Å²) in [6.45, 7) is 0. The van der Waals surface area contributed by atoms with Crippen molar-refractivity contribution in [2.75, 3.05) is 0 Å². The Kier molecular flexibility index (Phi) is 3.07. The first-order chi connectivity index (χ1) is 11.5. The smallest absolute Gasteiger partial charge is 0.335 e. The zero-order chi connectivity index (χ0) is 17.0. The molecule has 118 valence electrons. The monoisotopic (exact) mass is 384 g/mol. The number of H-pyrrole nitrogens is 1. The van der Waals surface area contributed by atoms with Gasteiger partial charge in [-0.3, -0.25) is 4.79 Å². The fraction of sp³-hybridized carbons (Fsp3) is 0. The number of aliphatic imine (C=N–C) groups is 1. The quantitative estimate of drug-likeness (QED) is 0.627. The Bertz CT molecular complexity index is 1080. The number of aromatic nitrogens is 1. The van der Waals surface area contributed by atoms with Crippen LogP contribution in [0.4, 0.5) is 5.69 Å². The van der Waals surface area contributed by atoms with E-state index in [9.17, 15) is 14.7 Å². The number of carbonyl (C=O) groups is 2. The van der Waals surface area contributed by atoms with Gasteiger partial charge in [0, 0.05) is 15.4 Å². The van der Waals surface area contributed by atoms with Crippen molar-refractivity contribution >= 4 is 50.0 Å². The number of aromatic amines is 1. The summed E-state index contributed by atoms with van der Waals surface area (Å²) in [5.41, 5.74) is 1.74. The van der Waals surface area contributed by atoms with E-state index in [4.69, 9.17) is 5.11 Å². The molecule has 0 saturated carbocycles. The molecule has 0 spiro atoms. The molecule has 0 fully saturated rings. The molecule has 0 aliphatic carbocycles. The zero-order valence-corrected chi connectivity index (χ0v) is 13.6. The second-order valence-corrected chi connectivity index (χ2v) is 6.28. The van der Waals surface area contributed by atoms with Crippen molar-refractivity contribution in [2.45, 2.75) is 0 Å². The molecular weight excluding hydrogens is 376 g/mol. The number of hydrogen-bond donors (Lipinski definition) is 3. The lowest BCUT2D eigenvalue weighted by Gasteiger charge is -1.99. The van der Waals surface area contributed by atoms with Crippen molar-refractivity contribution in [3.63, 3.8) is 0 Å². The summed E-state index contributed by atoms with van der Waals surface area (Å²) >= 11 is 3.35. The van der Waals surface area contributed by atoms with Crippen LogP contribution in [0.5, 0.6) is 5.88 Å². The van der Waals surface area contributed by atoms with Gasteiger partial charge < -0.3 is 15.2 Å². The molecule has 0 radical (unpaired) electrons. The van der Waals surface area contributed by atoms with Crippen molar-refractivity contribution < 1.29 is 19.8 Å². The number of rotatable bonds is 2. The SMILES string of the molecule is O=C(O)c1ccc2c(c1)N=C(c1c(O)[nH]c3cc(Br)ccc13)C2=O. The Morgan fingerprint density at radius 1 is 1.17 bits per heavy atom. The van der Waals surface area contributed by atoms with Crippen LogP contribution in [-0.2, 0) is 0 Å². The van der Waals surface area contributed by atoms with E-state index in [0.717, 1.165) is 4.47 Å². The first kappa shape index (κ1) is 14.6. The van der Waals surface area contributed by atoms with E-state index in [0.29, 0.717) is 27.7 Å². The number of carboxylic acids is 1. The van der Waals surface area contributed by atoms with E-state index in [2.05, 4.69) is 25.9 Å². The highest BCUT2D eigenvalue weighted by Crippen LogP contribution is 2.36. The van der Waals surface area contributed by atoms with Gasteiger partial charge in [-0.05, 0) is 30.3 Å². The molecule has 2 aromatic carbocycles. The number of fused-ring (bicyclic) bond motifs is 2. The number of halogens is 1. The average molecular weight is 385 g/mol. The molecule has 0 saturated heterocycles. The van der Waals surface area contributed by atoms with Crippen molar-refractivity contribution in [1.82, 2.24) is 4.98 Å². The van der Waals surface area contributed by atoms with Gasteiger partial charge in [-0.15, -0.1) is 0 Å². The molecule has 0 atom stereocenters. The van der Waals surface area contributed by atoms with E-state index in [1.54, 1.807) is 18.2 Å². The van der Waals surface area contributed by atoms with Crippen LogP contribution in [-0.4, -0.2) is 32.7 Å². The molecule has 0 unspecified atom stereocenters. The lowest BCUT2D eigenvalue weighted by molar-refractivity contribution is 0.0696. The van der Waals surface area contributed by atoms with Crippen LogP contribution in [0.25, 0.3) is 10.9 Å². The van der Waals surface area contributed by atoms with Gasteiger partial charge in [0.25, 0.3) is 0 Å². The molecule has 0 bridgehead atoms. The standard InChI is InChI=1S/C17H9BrN2O4/c18-8-2-4-9-12(6-8)20-16(22)13(9)14-15(21)10-3-1-7(17(23)24)5-11(10)19-14/h1-6,20,22H,(H,23,24). The van der Waals surface area contributed by atoms with Crippen LogP contribution >= 0.6 is 15.9 Å². The maximum atomic E-state index is 12.6. The molecule has 1 aromatic heterocycles. The second kappa shape index (κ2) is 5.04. The normalized spacial score (nSPS) is 13.2. The topological polar surface area (TPSA) is 103 Å². The molecule has 0 amide bonds. The van der Waals surface area contributed by atoms with Gasteiger partial charge in [-0.2, -0.15) is 0 Å². The largest absolute Gasteiger partial charge is 0.494 e. The zero-order valence-electron chi connectivity index (χ0n) is 12.0. The first-order valence-electron chi connectivity index (χ1n) is 6.97. The van der Waals surface area contributed by atoms with E-state index < -0.39 is 5.97 Å². The van der Waals surface area contributed by atoms with E-state index in [1.807, 2.05) is 0 Å². The Morgan fingerprint density at radius 3 is 2.71 bits per heavy atom. The third-order valence-electron chi connectivity index (χ3n) is 3.91. The number of aromatic hydroxyl groups is 1. The number of carboxylic acid groups (broad SMARTS) is 1. The lowest BCUT2D eigenvalue weighted by atomic mass is 10.0. The van der Waals surface area contributed by atoms with Crippen molar-refractivity contribution in [3.8, 4) is 5.88 Å². The van der Waals surface area contributed by atoms with Crippen molar-refractivity contribution in [1.29, 1.82) is 0 Å². The van der Waals surface area contributed by atoms with E-state index >= 15 is 0 Å². The minimum absolute atomic E-state index is 0.0543. The summed E-state index contributed by atoms with van der Waals surface area (Å²) < 4.78 is 0.830. The van der Waals surface area contributed by atoms with Crippen LogP contribution in [0.1, 0.15) is 26.3 Å². The molecule has 24 heavy (non-hydrogen) atoms. The summed E-state index contributed by atoms with van der Waals surface area (Å²) in [5.74, 6) is -1.59. The van der Waals surface area contributed by atoms with Crippen LogP contribution < -0.4 is 0 Å². The fourth-order valence-corrected chi connectivity index (χ4v) is 3.17. The molecule has 7 heteroatoms. The highest BCUT2D eigenvalue weighted by atomic mass is 79.9. The summed E-state index contributed by atoms with van der Waals surface area (Å²) in [5, 5.41) is 19.9. The maximum Gasteiger partial charge on any atom is 0.335 e. The van der Waals surface area contributed by atoms with Gasteiger partial charge in [0.05, 0.1) is 22.3 Å². The fourth-order valence-electron chi connectivity index (χ4n) is 2.81. The third-order valence-corrected chi connectivity index (χ3v) is 4.41. The highest BCUT2D eigenvalue weighted by molar-refractivity contribution is 9.10. The predicted octanol–water partition coefficient (Wildman–Crippen LogP) is 3.65. The van der Waals surface area contributed by atoms with Crippen molar-refractivity contribution in [2.24, 2.45) is 4.99 Å². The van der Waals surface area contributed by atoms with E-state index in [1.165, 1.54) is 18.2 Å².